The highest BCUT2D eigenvalue weighted by Gasteiger charge is 2.13. The maximum Gasteiger partial charge on any atom is 0.337 e. The number of ether oxygens (including phenoxy) is 1. The molecule has 0 aliphatic heterocycles. The van der Waals surface area contributed by atoms with Crippen LogP contribution in [0.5, 0.6) is 0 Å². The van der Waals surface area contributed by atoms with Crippen LogP contribution in [0.2, 0.25) is 0 Å². The van der Waals surface area contributed by atoms with E-state index in [1.54, 1.807) is 50.5 Å². The first-order chi connectivity index (χ1) is 11.5. The van der Waals surface area contributed by atoms with Crippen LogP contribution >= 0.6 is 0 Å². The van der Waals surface area contributed by atoms with E-state index in [-0.39, 0.29) is 5.57 Å². The van der Waals surface area contributed by atoms with Gasteiger partial charge in [-0.25, -0.2) is 4.79 Å². The third-order valence-corrected chi connectivity index (χ3v) is 3.26. The monoisotopic (exact) mass is 324 g/mol. The molecule has 24 heavy (non-hydrogen) atoms. The van der Waals surface area contributed by atoms with E-state index in [4.69, 9.17) is 9.68 Å². The number of nitriles is 1. The van der Waals surface area contributed by atoms with Gasteiger partial charge in [-0.05, 0) is 24.3 Å². The SMILES string of the molecule is COC(=O)c1ccc(-c2ccc(/C=C(\C#N)C(=O)N(C)C)o2)cc1. The fraction of sp³-hybridized carbons (Fsp3) is 0.167. The minimum absolute atomic E-state index is 0.0121. The first-order valence-corrected chi connectivity index (χ1v) is 7.08. The summed E-state index contributed by atoms with van der Waals surface area (Å²) < 4.78 is 10.3. The van der Waals surface area contributed by atoms with Gasteiger partial charge < -0.3 is 14.1 Å². The smallest absolute Gasteiger partial charge is 0.337 e. The third-order valence-electron chi connectivity index (χ3n) is 3.26. The second kappa shape index (κ2) is 7.29. The molecule has 0 fully saturated rings. The maximum atomic E-state index is 11.8. The zero-order valence-corrected chi connectivity index (χ0v) is 13.6. The normalized spacial score (nSPS) is 10.8. The Labute approximate surface area is 139 Å². The van der Waals surface area contributed by atoms with Crippen molar-refractivity contribution in [2.24, 2.45) is 0 Å². The lowest BCUT2D eigenvalue weighted by atomic mass is 10.1. The van der Waals surface area contributed by atoms with Crippen molar-refractivity contribution < 1.29 is 18.7 Å². The number of esters is 1. The Bertz CT molecular complexity index is 823. The number of nitrogens with zero attached hydrogens (tertiary/aromatic N) is 2. The summed E-state index contributed by atoms with van der Waals surface area (Å²) >= 11 is 0. The molecule has 0 bridgehead atoms. The number of carbonyl (C=O) groups excluding carboxylic acids is 2. The van der Waals surface area contributed by atoms with Crippen LogP contribution in [-0.4, -0.2) is 38.0 Å². The average molecular weight is 324 g/mol. The Morgan fingerprint density at radius 2 is 1.83 bits per heavy atom. The summed E-state index contributed by atoms with van der Waals surface area (Å²) in [5.74, 6) is 0.157. The summed E-state index contributed by atoms with van der Waals surface area (Å²) in [4.78, 5) is 24.6. The molecule has 1 aromatic carbocycles. The fourth-order valence-corrected chi connectivity index (χ4v) is 2.00. The zero-order chi connectivity index (χ0) is 17.7. The molecule has 6 heteroatoms. The summed E-state index contributed by atoms with van der Waals surface area (Å²) in [7, 11) is 4.47. The Balaban J connectivity index is 2.26. The van der Waals surface area contributed by atoms with Crippen molar-refractivity contribution in [2.45, 2.75) is 0 Å². The van der Waals surface area contributed by atoms with E-state index in [1.165, 1.54) is 18.1 Å². The van der Waals surface area contributed by atoms with E-state index in [9.17, 15) is 9.59 Å². The Morgan fingerprint density at radius 1 is 1.17 bits per heavy atom. The molecule has 0 spiro atoms. The Hall–Kier alpha value is -3.33. The van der Waals surface area contributed by atoms with E-state index >= 15 is 0 Å². The van der Waals surface area contributed by atoms with Gasteiger partial charge in [0.2, 0.25) is 0 Å². The molecule has 1 amide bonds. The second-order valence-electron chi connectivity index (χ2n) is 5.14. The highest BCUT2D eigenvalue weighted by atomic mass is 16.5. The number of carbonyl (C=O) groups is 2. The number of likely N-dealkylation sites (N-methyl/N-ethyl adjacent to an activating group) is 1. The molecule has 122 valence electrons. The van der Waals surface area contributed by atoms with Crippen molar-refractivity contribution in [2.75, 3.05) is 21.2 Å². The van der Waals surface area contributed by atoms with Crippen LogP contribution in [0, 0.1) is 11.3 Å². The molecule has 0 aliphatic carbocycles. The van der Waals surface area contributed by atoms with Crippen LogP contribution in [0.15, 0.2) is 46.4 Å². The Morgan fingerprint density at radius 3 is 2.38 bits per heavy atom. The molecule has 0 N–H and O–H groups in total. The predicted molar refractivity (Wildman–Crippen MR) is 87.8 cm³/mol. The topological polar surface area (TPSA) is 83.5 Å². The van der Waals surface area contributed by atoms with E-state index in [2.05, 4.69) is 4.74 Å². The summed E-state index contributed by atoms with van der Waals surface area (Å²) in [6.07, 6.45) is 1.40. The molecule has 0 atom stereocenters. The van der Waals surface area contributed by atoms with Gasteiger partial charge in [0.15, 0.2) is 0 Å². The minimum atomic E-state index is -0.412. The molecular weight excluding hydrogens is 308 g/mol. The summed E-state index contributed by atoms with van der Waals surface area (Å²) in [6.45, 7) is 0. The van der Waals surface area contributed by atoms with Crippen LogP contribution in [0.25, 0.3) is 17.4 Å². The van der Waals surface area contributed by atoms with Crippen molar-refractivity contribution in [3.63, 3.8) is 0 Å². The molecule has 0 unspecified atom stereocenters. The van der Waals surface area contributed by atoms with Crippen LogP contribution in [-0.2, 0) is 9.53 Å². The summed E-state index contributed by atoms with van der Waals surface area (Å²) in [6, 6.07) is 12.0. The van der Waals surface area contributed by atoms with Gasteiger partial charge in [0.25, 0.3) is 5.91 Å². The first-order valence-electron chi connectivity index (χ1n) is 7.08. The van der Waals surface area contributed by atoms with Gasteiger partial charge in [-0.3, -0.25) is 4.79 Å². The van der Waals surface area contributed by atoms with Crippen molar-refractivity contribution in [1.82, 2.24) is 4.90 Å². The van der Waals surface area contributed by atoms with E-state index in [1.807, 2.05) is 6.07 Å². The third kappa shape index (κ3) is 3.70. The molecule has 0 radical (unpaired) electrons. The molecule has 1 heterocycles. The molecule has 2 aromatic rings. The minimum Gasteiger partial charge on any atom is -0.465 e. The van der Waals surface area contributed by atoms with Crippen LogP contribution < -0.4 is 0 Å². The van der Waals surface area contributed by atoms with Gasteiger partial charge in [-0.1, -0.05) is 12.1 Å². The van der Waals surface area contributed by atoms with Crippen molar-refractivity contribution >= 4 is 18.0 Å². The number of rotatable bonds is 4. The first kappa shape index (κ1) is 17.0. The van der Waals surface area contributed by atoms with Crippen LogP contribution in [0.4, 0.5) is 0 Å². The number of amides is 1. The molecular formula is C18H16N2O4. The lowest BCUT2D eigenvalue weighted by Crippen LogP contribution is -2.22. The van der Waals surface area contributed by atoms with Gasteiger partial charge in [-0.15, -0.1) is 0 Å². The van der Waals surface area contributed by atoms with Crippen molar-refractivity contribution in [1.29, 1.82) is 5.26 Å². The molecule has 0 saturated carbocycles. The molecule has 1 aromatic heterocycles. The lowest BCUT2D eigenvalue weighted by Gasteiger charge is -2.07. The van der Waals surface area contributed by atoms with Crippen molar-refractivity contribution in [3.05, 3.63) is 53.3 Å². The van der Waals surface area contributed by atoms with Gasteiger partial charge in [0.1, 0.15) is 23.2 Å². The summed E-state index contributed by atoms with van der Waals surface area (Å²) in [5.41, 5.74) is 1.19. The average Bonchev–Trinajstić information content (AvgIpc) is 3.07. The molecule has 6 nitrogen and oxygen atoms in total. The van der Waals surface area contributed by atoms with E-state index < -0.39 is 11.9 Å². The highest BCUT2D eigenvalue weighted by Crippen LogP contribution is 2.24. The number of hydrogen-bond acceptors (Lipinski definition) is 5. The molecule has 0 aliphatic rings. The quantitative estimate of drug-likeness (QED) is 0.490. The standard InChI is InChI=1S/C18H16N2O4/c1-20(2)17(21)14(11-19)10-15-8-9-16(24-15)12-4-6-13(7-5-12)18(22)23-3/h4-10H,1-3H3/b14-10+. The fourth-order valence-electron chi connectivity index (χ4n) is 2.00. The van der Waals surface area contributed by atoms with Gasteiger partial charge in [0, 0.05) is 25.7 Å². The molecule has 0 saturated heterocycles. The summed E-state index contributed by atoms with van der Waals surface area (Å²) in [5, 5.41) is 9.09. The largest absolute Gasteiger partial charge is 0.465 e. The van der Waals surface area contributed by atoms with Crippen molar-refractivity contribution in [3.8, 4) is 17.4 Å². The van der Waals surface area contributed by atoms with Gasteiger partial charge in [-0.2, -0.15) is 5.26 Å². The maximum absolute atomic E-state index is 11.8. The molecule has 2 rings (SSSR count). The zero-order valence-electron chi connectivity index (χ0n) is 13.6. The van der Waals surface area contributed by atoms with E-state index in [0.29, 0.717) is 17.1 Å². The second-order valence-corrected chi connectivity index (χ2v) is 5.14. The lowest BCUT2D eigenvalue weighted by molar-refractivity contribution is -0.124. The van der Waals surface area contributed by atoms with Crippen LogP contribution in [0.1, 0.15) is 16.1 Å². The predicted octanol–water partition coefficient (Wildman–Crippen LogP) is 2.73. The number of methoxy groups -OCH3 is 1. The van der Waals surface area contributed by atoms with E-state index in [0.717, 1.165) is 5.56 Å². The van der Waals surface area contributed by atoms with Gasteiger partial charge >= 0.3 is 5.97 Å². The Kier molecular flexibility index (Phi) is 5.17. The number of hydrogen-bond donors (Lipinski definition) is 0. The number of benzene rings is 1. The van der Waals surface area contributed by atoms with Gasteiger partial charge in [0.05, 0.1) is 12.7 Å². The highest BCUT2D eigenvalue weighted by molar-refractivity contribution is 6.01. The number of furan rings is 1. The van der Waals surface area contributed by atoms with Crippen LogP contribution in [0.3, 0.4) is 0 Å².